The van der Waals surface area contributed by atoms with Crippen LogP contribution in [0.15, 0.2) is 48.8 Å². The van der Waals surface area contributed by atoms with Crippen LogP contribution in [0.25, 0.3) is 0 Å². The molecule has 0 aliphatic rings. The molecule has 0 bridgehead atoms. The molecule has 0 saturated heterocycles. The zero-order valence-electron chi connectivity index (χ0n) is 12.4. The summed E-state index contributed by atoms with van der Waals surface area (Å²) in [5.41, 5.74) is 4.92. The van der Waals surface area contributed by atoms with Gasteiger partial charge in [0.25, 0.3) is 5.91 Å². The van der Waals surface area contributed by atoms with Crippen molar-refractivity contribution in [3.63, 3.8) is 0 Å². The lowest BCUT2D eigenvalue weighted by Crippen LogP contribution is -2.45. The van der Waals surface area contributed by atoms with Crippen LogP contribution in [-0.4, -0.2) is 22.8 Å². The Bertz CT molecular complexity index is 733. The molecular formula is C16H14F3N3O2. The predicted molar refractivity (Wildman–Crippen MR) is 79.8 cm³/mol. The van der Waals surface area contributed by atoms with Crippen LogP contribution in [0, 0.1) is 0 Å². The molecule has 24 heavy (non-hydrogen) atoms. The van der Waals surface area contributed by atoms with Gasteiger partial charge in [-0.3, -0.25) is 14.6 Å². The van der Waals surface area contributed by atoms with E-state index in [-0.39, 0.29) is 17.5 Å². The molecule has 5 nitrogen and oxygen atoms in total. The minimum Gasteiger partial charge on any atom is -0.368 e. The third-order valence-corrected chi connectivity index (χ3v) is 3.29. The summed E-state index contributed by atoms with van der Waals surface area (Å²) in [5.74, 6) is -1.40. The van der Waals surface area contributed by atoms with Crippen LogP contribution in [0.1, 0.15) is 21.5 Å². The van der Waals surface area contributed by atoms with Crippen molar-refractivity contribution in [1.82, 2.24) is 10.3 Å². The molecule has 1 atom stereocenters. The van der Waals surface area contributed by atoms with Crippen molar-refractivity contribution in [3.8, 4) is 0 Å². The fourth-order valence-corrected chi connectivity index (χ4v) is 2.08. The van der Waals surface area contributed by atoms with Crippen LogP contribution in [-0.2, 0) is 17.4 Å². The van der Waals surface area contributed by atoms with Gasteiger partial charge < -0.3 is 11.1 Å². The summed E-state index contributed by atoms with van der Waals surface area (Å²) >= 11 is 0. The molecule has 2 amide bonds. The molecular weight excluding hydrogens is 323 g/mol. The first-order chi connectivity index (χ1) is 11.3. The third-order valence-electron chi connectivity index (χ3n) is 3.29. The lowest BCUT2D eigenvalue weighted by Gasteiger charge is -2.16. The Morgan fingerprint density at radius 3 is 2.42 bits per heavy atom. The number of hydrogen-bond acceptors (Lipinski definition) is 3. The summed E-state index contributed by atoms with van der Waals surface area (Å²) in [7, 11) is 0. The molecule has 0 fully saturated rings. The van der Waals surface area contributed by atoms with Crippen LogP contribution >= 0.6 is 0 Å². The summed E-state index contributed by atoms with van der Waals surface area (Å²) in [6.45, 7) is 0. The highest BCUT2D eigenvalue weighted by molar-refractivity contribution is 5.97. The average molecular weight is 337 g/mol. The number of amides is 2. The van der Waals surface area contributed by atoms with E-state index in [1.165, 1.54) is 36.7 Å². The number of nitrogens with one attached hydrogen (secondary N) is 1. The maximum absolute atomic E-state index is 12.7. The van der Waals surface area contributed by atoms with Crippen LogP contribution in [0.2, 0.25) is 0 Å². The Kier molecular flexibility index (Phi) is 5.18. The Balaban J connectivity index is 2.15. The van der Waals surface area contributed by atoms with Crippen LogP contribution in [0.3, 0.4) is 0 Å². The van der Waals surface area contributed by atoms with Gasteiger partial charge in [0.15, 0.2) is 0 Å². The zero-order chi connectivity index (χ0) is 17.7. The summed E-state index contributed by atoms with van der Waals surface area (Å²) in [4.78, 5) is 27.3. The summed E-state index contributed by atoms with van der Waals surface area (Å²) in [6.07, 6.45) is -1.82. The number of alkyl halides is 3. The van der Waals surface area contributed by atoms with E-state index in [1.54, 1.807) is 0 Å². The van der Waals surface area contributed by atoms with E-state index < -0.39 is 29.6 Å². The maximum atomic E-state index is 12.7. The predicted octanol–water partition coefficient (Wildman–Crippen LogP) is 1.93. The van der Waals surface area contributed by atoms with E-state index in [9.17, 15) is 22.8 Å². The van der Waals surface area contributed by atoms with Crippen LogP contribution in [0.5, 0.6) is 0 Å². The van der Waals surface area contributed by atoms with Gasteiger partial charge in [0.05, 0.1) is 5.56 Å². The van der Waals surface area contributed by atoms with Gasteiger partial charge in [-0.25, -0.2) is 0 Å². The van der Waals surface area contributed by atoms with Crippen molar-refractivity contribution in [1.29, 1.82) is 0 Å². The number of halogens is 3. The third kappa shape index (κ3) is 4.55. The number of carbonyl (C=O) groups is 2. The lowest BCUT2D eigenvalue weighted by molar-refractivity contribution is -0.137. The second kappa shape index (κ2) is 7.12. The molecule has 2 aromatic rings. The second-order valence-electron chi connectivity index (χ2n) is 5.07. The van der Waals surface area contributed by atoms with Gasteiger partial charge in [-0.2, -0.15) is 13.2 Å². The molecule has 2 rings (SSSR count). The number of hydrogen-bond donors (Lipinski definition) is 2. The highest BCUT2D eigenvalue weighted by Gasteiger charge is 2.30. The zero-order valence-corrected chi connectivity index (χ0v) is 12.4. The van der Waals surface area contributed by atoms with Crippen molar-refractivity contribution >= 4 is 11.8 Å². The molecule has 3 N–H and O–H groups in total. The van der Waals surface area contributed by atoms with Gasteiger partial charge >= 0.3 is 6.18 Å². The van der Waals surface area contributed by atoms with Gasteiger partial charge in [-0.15, -0.1) is 0 Å². The van der Waals surface area contributed by atoms with Crippen molar-refractivity contribution in [2.45, 2.75) is 18.6 Å². The Labute approximate surface area is 135 Å². The molecule has 1 heterocycles. The molecule has 0 radical (unpaired) electrons. The van der Waals surface area contributed by atoms with Crippen molar-refractivity contribution in [3.05, 3.63) is 65.5 Å². The highest BCUT2D eigenvalue weighted by atomic mass is 19.4. The fourth-order valence-electron chi connectivity index (χ4n) is 2.08. The number of benzene rings is 1. The van der Waals surface area contributed by atoms with Crippen molar-refractivity contribution in [2.75, 3.05) is 0 Å². The highest BCUT2D eigenvalue weighted by Crippen LogP contribution is 2.29. The molecule has 0 aliphatic carbocycles. The maximum Gasteiger partial charge on any atom is 0.416 e. The first-order valence-corrected chi connectivity index (χ1v) is 6.93. The second-order valence-corrected chi connectivity index (χ2v) is 5.07. The monoisotopic (exact) mass is 337 g/mol. The first-order valence-electron chi connectivity index (χ1n) is 6.93. The average Bonchev–Trinajstić information content (AvgIpc) is 2.54. The normalized spacial score (nSPS) is 12.5. The van der Waals surface area contributed by atoms with Crippen LogP contribution < -0.4 is 11.1 Å². The van der Waals surface area contributed by atoms with Gasteiger partial charge in [-0.1, -0.05) is 18.2 Å². The number of nitrogens with two attached hydrogens (primary N) is 1. The van der Waals surface area contributed by atoms with Gasteiger partial charge in [-0.05, 0) is 23.8 Å². The van der Waals surface area contributed by atoms with E-state index in [0.717, 1.165) is 12.1 Å². The molecule has 0 aliphatic heterocycles. The number of primary amides is 1. The SMILES string of the molecule is NC(=O)[C@@H](Cc1cccc(C(F)(F)F)c1)NC(=O)c1ccncc1. The standard InChI is InChI=1S/C16H14F3N3O2/c17-16(18,19)12-3-1-2-10(8-12)9-13(14(20)23)22-15(24)11-4-6-21-7-5-11/h1-8,13H,9H2,(H2,20,23)(H,22,24)/t13-/m1/s1. The van der Waals surface area contributed by atoms with E-state index in [2.05, 4.69) is 10.3 Å². The Hall–Kier alpha value is -2.90. The molecule has 8 heteroatoms. The Morgan fingerprint density at radius 1 is 1.17 bits per heavy atom. The van der Waals surface area contributed by atoms with E-state index >= 15 is 0 Å². The van der Waals surface area contributed by atoms with Crippen LogP contribution in [0.4, 0.5) is 13.2 Å². The van der Waals surface area contributed by atoms with E-state index in [4.69, 9.17) is 5.73 Å². The quantitative estimate of drug-likeness (QED) is 0.874. The molecule has 1 aromatic heterocycles. The smallest absolute Gasteiger partial charge is 0.368 e. The number of carbonyl (C=O) groups excluding carboxylic acids is 2. The summed E-state index contributed by atoms with van der Waals surface area (Å²) in [6, 6.07) is 6.28. The van der Waals surface area contributed by atoms with Gasteiger partial charge in [0.1, 0.15) is 6.04 Å². The summed E-state index contributed by atoms with van der Waals surface area (Å²) < 4.78 is 38.2. The molecule has 126 valence electrons. The van der Waals surface area contributed by atoms with Crippen molar-refractivity contribution in [2.24, 2.45) is 5.73 Å². The van der Waals surface area contributed by atoms with E-state index in [0.29, 0.717) is 0 Å². The minimum absolute atomic E-state index is 0.143. The first kappa shape index (κ1) is 17.5. The molecule has 0 spiro atoms. The topological polar surface area (TPSA) is 85.1 Å². The molecule has 0 saturated carbocycles. The number of pyridine rings is 1. The van der Waals surface area contributed by atoms with E-state index in [1.807, 2.05) is 0 Å². The number of aromatic nitrogens is 1. The largest absolute Gasteiger partial charge is 0.416 e. The van der Waals surface area contributed by atoms with Gasteiger partial charge in [0, 0.05) is 24.4 Å². The Morgan fingerprint density at radius 2 is 1.83 bits per heavy atom. The fraction of sp³-hybridized carbons (Fsp3) is 0.188. The summed E-state index contributed by atoms with van der Waals surface area (Å²) in [5, 5.41) is 2.42. The van der Waals surface area contributed by atoms with Crippen molar-refractivity contribution < 1.29 is 22.8 Å². The number of nitrogens with zero attached hydrogens (tertiary/aromatic N) is 1. The number of rotatable bonds is 5. The molecule has 1 aromatic carbocycles. The minimum atomic E-state index is -4.49. The van der Waals surface area contributed by atoms with Gasteiger partial charge in [0.2, 0.25) is 5.91 Å². The molecule has 0 unspecified atom stereocenters. The lowest BCUT2D eigenvalue weighted by atomic mass is 10.0.